The van der Waals surface area contributed by atoms with E-state index < -0.39 is 11.9 Å². The van der Waals surface area contributed by atoms with Crippen LogP contribution in [0.3, 0.4) is 0 Å². The molecule has 0 amide bonds. The summed E-state index contributed by atoms with van der Waals surface area (Å²) in [5, 5.41) is 26.6. The van der Waals surface area contributed by atoms with Crippen LogP contribution in [0.25, 0.3) is 0 Å². The van der Waals surface area contributed by atoms with Gasteiger partial charge in [0, 0.05) is 25.9 Å². The average Bonchev–Trinajstić information content (AvgIpc) is 2.41. The Morgan fingerprint density at radius 3 is 2.05 bits per heavy atom. The summed E-state index contributed by atoms with van der Waals surface area (Å²) in [6, 6.07) is 0. The van der Waals surface area contributed by atoms with E-state index in [4.69, 9.17) is 10.2 Å². The Bertz CT molecular complexity index is 340. The number of carboxylic acid groups (broad SMARTS) is 2. The molecule has 122 valence electrons. The van der Waals surface area contributed by atoms with Crippen molar-refractivity contribution in [2.24, 2.45) is 0 Å². The van der Waals surface area contributed by atoms with Gasteiger partial charge in [0.2, 0.25) is 0 Å². The number of nitrogens with zero attached hydrogens (tertiary/aromatic N) is 2. The maximum atomic E-state index is 10.6. The third-order valence-corrected chi connectivity index (χ3v) is 4.24. The number of hydrogen-bond donors (Lipinski definition) is 3. The molecule has 0 aromatic carbocycles. The van der Waals surface area contributed by atoms with Gasteiger partial charge in [-0.15, -0.1) is 0 Å². The van der Waals surface area contributed by atoms with Gasteiger partial charge in [-0.1, -0.05) is 0 Å². The number of aliphatic carboxylic acids is 2. The standard InChI is InChI=1S/C14H26N2O5/c17-12-11-16(8-2-4-14(20)21)9-6-15(7-10-16)5-1-3-13(18)19/h17H,1-12H2,(H-,18,19,20,21)/p+1. The Hall–Kier alpha value is -1.18. The monoisotopic (exact) mass is 303 g/mol. The highest BCUT2D eigenvalue weighted by molar-refractivity contribution is 5.66. The van der Waals surface area contributed by atoms with E-state index in [0.717, 1.165) is 43.8 Å². The van der Waals surface area contributed by atoms with Gasteiger partial charge in [0.25, 0.3) is 0 Å². The van der Waals surface area contributed by atoms with Crippen LogP contribution in [0, 0.1) is 0 Å². The molecule has 0 aromatic rings. The lowest BCUT2D eigenvalue weighted by molar-refractivity contribution is -0.932. The first-order valence-electron chi connectivity index (χ1n) is 7.59. The Balaban J connectivity index is 2.36. The lowest BCUT2D eigenvalue weighted by Crippen LogP contribution is -2.61. The predicted octanol–water partition coefficient (Wildman–Crippen LogP) is -0.159. The van der Waals surface area contributed by atoms with Crippen molar-refractivity contribution in [1.29, 1.82) is 0 Å². The molecule has 7 heteroatoms. The smallest absolute Gasteiger partial charge is 0.303 e. The Kier molecular flexibility index (Phi) is 7.63. The second kappa shape index (κ2) is 8.96. The van der Waals surface area contributed by atoms with E-state index in [-0.39, 0.29) is 19.4 Å². The van der Waals surface area contributed by atoms with Crippen molar-refractivity contribution >= 4 is 11.9 Å². The topological polar surface area (TPSA) is 98.1 Å². The molecule has 0 radical (unpaired) electrons. The largest absolute Gasteiger partial charge is 0.481 e. The van der Waals surface area contributed by atoms with Crippen LogP contribution in [0.5, 0.6) is 0 Å². The lowest BCUT2D eigenvalue weighted by Gasteiger charge is -2.44. The first-order chi connectivity index (χ1) is 9.97. The maximum Gasteiger partial charge on any atom is 0.303 e. The number of aliphatic hydroxyl groups is 1. The van der Waals surface area contributed by atoms with Gasteiger partial charge in [-0.25, -0.2) is 0 Å². The summed E-state index contributed by atoms with van der Waals surface area (Å²) in [5.74, 6) is -1.53. The number of carboxylic acids is 2. The SMILES string of the molecule is O=C(O)CCCN1CC[N+](CCO)(CCCC(=O)O)CC1. The summed E-state index contributed by atoms with van der Waals surface area (Å²) < 4.78 is 0.777. The molecule has 0 aliphatic carbocycles. The third kappa shape index (κ3) is 6.88. The van der Waals surface area contributed by atoms with Crippen LogP contribution in [0.2, 0.25) is 0 Å². The van der Waals surface area contributed by atoms with Gasteiger partial charge in [-0.2, -0.15) is 0 Å². The summed E-state index contributed by atoms with van der Waals surface area (Å²) in [6.07, 6.45) is 1.67. The maximum absolute atomic E-state index is 10.6. The van der Waals surface area contributed by atoms with Crippen LogP contribution in [0.15, 0.2) is 0 Å². The van der Waals surface area contributed by atoms with E-state index in [9.17, 15) is 14.7 Å². The first kappa shape index (κ1) is 17.9. The van der Waals surface area contributed by atoms with E-state index in [1.807, 2.05) is 0 Å². The highest BCUT2D eigenvalue weighted by Gasteiger charge is 2.31. The van der Waals surface area contributed by atoms with Crippen molar-refractivity contribution < 1.29 is 29.4 Å². The zero-order valence-corrected chi connectivity index (χ0v) is 12.5. The van der Waals surface area contributed by atoms with Crippen molar-refractivity contribution in [3.63, 3.8) is 0 Å². The minimum Gasteiger partial charge on any atom is -0.481 e. The molecule has 0 spiro atoms. The lowest BCUT2D eigenvalue weighted by atomic mass is 10.1. The van der Waals surface area contributed by atoms with E-state index in [1.54, 1.807) is 0 Å². The molecule has 1 aliphatic heterocycles. The second-order valence-electron chi connectivity index (χ2n) is 5.80. The molecule has 1 heterocycles. The van der Waals surface area contributed by atoms with E-state index in [2.05, 4.69) is 4.90 Å². The molecule has 21 heavy (non-hydrogen) atoms. The third-order valence-electron chi connectivity index (χ3n) is 4.24. The fraction of sp³-hybridized carbons (Fsp3) is 0.857. The van der Waals surface area contributed by atoms with Crippen LogP contribution in [0.1, 0.15) is 25.7 Å². The van der Waals surface area contributed by atoms with Crippen LogP contribution >= 0.6 is 0 Å². The Morgan fingerprint density at radius 2 is 1.52 bits per heavy atom. The molecule has 1 aliphatic rings. The molecule has 3 N–H and O–H groups in total. The number of hydrogen-bond acceptors (Lipinski definition) is 4. The zero-order valence-electron chi connectivity index (χ0n) is 12.5. The molecular formula is C14H27N2O5+. The zero-order chi connectivity index (χ0) is 15.7. The number of carbonyl (C=O) groups is 2. The summed E-state index contributed by atoms with van der Waals surface area (Å²) in [7, 11) is 0. The highest BCUT2D eigenvalue weighted by Crippen LogP contribution is 2.15. The summed E-state index contributed by atoms with van der Waals surface area (Å²) in [5.41, 5.74) is 0. The summed E-state index contributed by atoms with van der Waals surface area (Å²) in [4.78, 5) is 23.4. The van der Waals surface area contributed by atoms with E-state index >= 15 is 0 Å². The minimum atomic E-state index is -0.774. The summed E-state index contributed by atoms with van der Waals surface area (Å²) >= 11 is 0. The van der Waals surface area contributed by atoms with Crippen LogP contribution in [0.4, 0.5) is 0 Å². The van der Waals surface area contributed by atoms with Crippen molar-refractivity contribution in [3.05, 3.63) is 0 Å². The molecular weight excluding hydrogens is 276 g/mol. The normalized spacial score (nSPS) is 18.5. The van der Waals surface area contributed by atoms with Crippen LogP contribution < -0.4 is 0 Å². The van der Waals surface area contributed by atoms with Gasteiger partial charge in [0.15, 0.2) is 0 Å². The Labute approximate surface area is 125 Å². The minimum absolute atomic E-state index is 0.117. The molecule has 0 aromatic heterocycles. The van der Waals surface area contributed by atoms with Crippen LogP contribution in [-0.4, -0.2) is 89.1 Å². The molecule has 0 saturated carbocycles. The highest BCUT2D eigenvalue weighted by atomic mass is 16.4. The van der Waals surface area contributed by atoms with Gasteiger partial charge >= 0.3 is 11.9 Å². The first-order valence-corrected chi connectivity index (χ1v) is 7.59. The van der Waals surface area contributed by atoms with Crippen molar-refractivity contribution in [2.45, 2.75) is 25.7 Å². The Morgan fingerprint density at radius 1 is 0.952 bits per heavy atom. The molecule has 1 saturated heterocycles. The van der Waals surface area contributed by atoms with Gasteiger partial charge in [-0.05, 0) is 13.0 Å². The fourth-order valence-corrected chi connectivity index (χ4v) is 2.95. The summed E-state index contributed by atoms with van der Waals surface area (Å²) in [6.45, 7) is 5.92. The molecule has 0 unspecified atom stereocenters. The molecule has 7 nitrogen and oxygen atoms in total. The predicted molar refractivity (Wildman–Crippen MR) is 77.0 cm³/mol. The number of rotatable bonds is 10. The van der Waals surface area contributed by atoms with Crippen molar-refractivity contribution in [1.82, 2.24) is 4.90 Å². The van der Waals surface area contributed by atoms with Gasteiger partial charge in [0.05, 0.1) is 32.7 Å². The van der Waals surface area contributed by atoms with Crippen molar-refractivity contribution in [3.8, 4) is 0 Å². The number of quaternary nitrogens is 1. The van der Waals surface area contributed by atoms with E-state index in [1.165, 1.54) is 0 Å². The molecule has 1 rings (SSSR count). The number of piperazine rings is 1. The molecule has 0 atom stereocenters. The quantitative estimate of drug-likeness (QED) is 0.485. The second-order valence-corrected chi connectivity index (χ2v) is 5.80. The van der Waals surface area contributed by atoms with Gasteiger partial charge in [0.1, 0.15) is 6.54 Å². The number of aliphatic hydroxyl groups excluding tert-OH is 1. The van der Waals surface area contributed by atoms with Gasteiger partial charge < -0.3 is 19.8 Å². The van der Waals surface area contributed by atoms with E-state index in [0.29, 0.717) is 19.4 Å². The fourth-order valence-electron chi connectivity index (χ4n) is 2.95. The van der Waals surface area contributed by atoms with Crippen LogP contribution in [-0.2, 0) is 9.59 Å². The molecule has 1 fully saturated rings. The van der Waals surface area contributed by atoms with Gasteiger partial charge in [-0.3, -0.25) is 14.5 Å². The van der Waals surface area contributed by atoms with Crippen molar-refractivity contribution in [2.75, 3.05) is 52.4 Å². The molecule has 0 bridgehead atoms. The average molecular weight is 303 g/mol.